The quantitative estimate of drug-likeness (QED) is 0.480. The molecule has 4 rings (SSSR count). The number of aromatic nitrogens is 2. The van der Waals surface area contributed by atoms with Crippen molar-refractivity contribution in [2.75, 3.05) is 32.8 Å². The van der Waals surface area contributed by atoms with Gasteiger partial charge in [-0.2, -0.15) is 4.98 Å². The standard InChI is InChI=1S/C24H26F2N4O3/c1-17-4-6-18(7-5-17)24-27-22(33-28-24)16-29-10-12-30(13-11-29)23(31)3-2-14-32-21-9-8-19(25)15-20(21)26/h4-9,15H,2-3,10-14,16H2,1H3. The van der Waals surface area contributed by atoms with Gasteiger partial charge in [-0.15, -0.1) is 0 Å². The first-order valence-electron chi connectivity index (χ1n) is 11.0. The van der Waals surface area contributed by atoms with Gasteiger partial charge in [0.15, 0.2) is 11.6 Å². The van der Waals surface area contributed by atoms with Gasteiger partial charge in [0, 0.05) is 44.2 Å². The van der Waals surface area contributed by atoms with E-state index in [2.05, 4.69) is 15.0 Å². The Morgan fingerprint density at radius 3 is 2.58 bits per heavy atom. The number of amides is 1. The Kier molecular flexibility index (Phi) is 7.29. The van der Waals surface area contributed by atoms with Crippen molar-refractivity contribution in [3.05, 3.63) is 65.6 Å². The summed E-state index contributed by atoms with van der Waals surface area (Å²) in [6, 6.07) is 11.1. The van der Waals surface area contributed by atoms with Gasteiger partial charge in [-0.25, -0.2) is 8.78 Å². The number of piperazine rings is 1. The Bertz CT molecular complexity index is 1080. The first-order chi connectivity index (χ1) is 16.0. The fourth-order valence-electron chi connectivity index (χ4n) is 3.64. The molecule has 0 spiro atoms. The summed E-state index contributed by atoms with van der Waals surface area (Å²) in [5.41, 5.74) is 2.08. The predicted molar refractivity (Wildman–Crippen MR) is 117 cm³/mol. The van der Waals surface area contributed by atoms with Crippen molar-refractivity contribution in [3.63, 3.8) is 0 Å². The van der Waals surface area contributed by atoms with Gasteiger partial charge in [0.2, 0.25) is 17.6 Å². The largest absolute Gasteiger partial charge is 0.491 e. The third kappa shape index (κ3) is 6.13. The highest BCUT2D eigenvalue weighted by molar-refractivity contribution is 5.76. The highest BCUT2D eigenvalue weighted by Gasteiger charge is 2.22. The summed E-state index contributed by atoms with van der Waals surface area (Å²) in [5.74, 6) is -0.247. The molecule has 1 amide bonds. The highest BCUT2D eigenvalue weighted by Crippen LogP contribution is 2.19. The number of carbonyl (C=O) groups is 1. The molecular weight excluding hydrogens is 430 g/mol. The number of aryl methyl sites for hydroxylation is 1. The minimum atomic E-state index is -0.746. The Morgan fingerprint density at radius 1 is 1.09 bits per heavy atom. The summed E-state index contributed by atoms with van der Waals surface area (Å²) in [7, 11) is 0. The zero-order chi connectivity index (χ0) is 23.2. The van der Waals surface area contributed by atoms with Crippen LogP contribution in [0, 0.1) is 18.6 Å². The molecule has 33 heavy (non-hydrogen) atoms. The molecule has 0 unspecified atom stereocenters. The fourth-order valence-corrected chi connectivity index (χ4v) is 3.64. The molecule has 0 saturated carbocycles. The van der Waals surface area contributed by atoms with Gasteiger partial charge in [0.05, 0.1) is 13.2 Å². The monoisotopic (exact) mass is 456 g/mol. The molecule has 9 heteroatoms. The highest BCUT2D eigenvalue weighted by atomic mass is 19.1. The number of rotatable bonds is 8. The Labute approximate surface area is 190 Å². The molecule has 1 aromatic heterocycles. The predicted octanol–water partition coefficient (Wildman–Crippen LogP) is 3.83. The smallest absolute Gasteiger partial charge is 0.241 e. The number of ether oxygens (including phenoxy) is 1. The molecule has 0 aliphatic carbocycles. The molecule has 0 radical (unpaired) electrons. The number of nitrogens with zero attached hydrogens (tertiary/aromatic N) is 4. The van der Waals surface area contributed by atoms with Crippen molar-refractivity contribution in [2.45, 2.75) is 26.3 Å². The molecule has 0 N–H and O–H groups in total. The molecule has 0 bridgehead atoms. The van der Waals surface area contributed by atoms with Crippen LogP contribution in [0.1, 0.15) is 24.3 Å². The Balaban J connectivity index is 1.17. The maximum Gasteiger partial charge on any atom is 0.241 e. The van der Waals surface area contributed by atoms with E-state index in [1.807, 2.05) is 36.1 Å². The lowest BCUT2D eigenvalue weighted by Gasteiger charge is -2.34. The molecule has 1 fully saturated rings. The van der Waals surface area contributed by atoms with Crippen LogP contribution in [0.3, 0.4) is 0 Å². The van der Waals surface area contributed by atoms with Crippen LogP contribution in [0.15, 0.2) is 47.0 Å². The molecule has 3 aromatic rings. The van der Waals surface area contributed by atoms with Gasteiger partial charge >= 0.3 is 0 Å². The van der Waals surface area contributed by atoms with Gasteiger partial charge in [0.1, 0.15) is 5.82 Å². The molecule has 174 valence electrons. The summed E-state index contributed by atoms with van der Waals surface area (Å²) >= 11 is 0. The van der Waals surface area contributed by atoms with Crippen LogP contribution in [0.4, 0.5) is 8.78 Å². The third-order valence-electron chi connectivity index (χ3n) is 5.55. The van der Waals surface area contributed by atoms with Crippen LogP contribution < -0.4 is 4.74 Å². The topological polar surface area (TPSA) is 71.7 Å². The Hall–Kier alpha value is -3.33. The van der Waals surface area contributed by atoms with Gasteiger partial charge in [-0.1, -0.05) is 35.0 Å². The van der Waals surface area contributed by atoms with Gasteiger partial charge in [0.25, 0.3) is 0 Å². The molecule has 1 aliphatic heterocycles. The second-order valence-corrected chi connectivity index (χ2v) is 8.06. The van der Waals surface area contributed by atoms with Crippen molar-refractivity contribution in [1.29, 1.82) is 0 Å². The third-order valence-corrected chi connectivity index (χ3v) is 5.55. The maximum atomic E-state index is 13.6. The van der Waals surface area contributed by atoms with E-state index in [4.69, 9.17) is 9.26 Å². The first-order valence-corrected chi connectivity index (χ1v) is 11.0. The minimum absolute atomic E-state index is 0.0102. The second kappa shape index (κ2) is 10.5. The molecule has 1 saturated heterocycles. The van der Waals surface area contributed by atoms with Crippen LogP contribution in [-0.4, -0.2) is 58.6 Å². The van der Waals surface area contributed by atoms with Gasteiger partial charge < -0.3 is 14.2 Å². The van der Waals surface area contributed by atoms with E-state index < -0.39 is 11.6 Å². The lowest BCUT2D eigenvalue weighted by Crippen LogP contribution is -2.48. The van der Waals surface area contributed by atoms with Crippen LogP contribution in [0.5, 0.6) is 5.75 Å². The normalized spacial score (nSPS) is 14.5. The summed E-state index contributed by atoms with van der Waals surface area (Å²) in [6.07, 6.45) is 0.770. The van der Waals surface area contributed by atoms with E-state index in [1.165, 1.54) is 11.6 Å². The zero-order valence-corrected chi connectivity index (χ0v) is 18.5. The van der Waals surface area contributed by atoms with Gasteiger partial charge in [-0.3, -0.25) is 9.69 Å². The van der Waals surface area contributed by atoms with Gasteiger partial charge in [-0.05, 0) is 25.5 Å². The molecular formula is C24H26F2N4O3. The fraction of sp³-hybridized carbons (Fsp3) is 0.375. The van der Waals surface area contributed by atoms with E-state index in [0.717, 1.165) is 17.7 Å². The van der Waals surface area contributed by atoms with Crippen molar-refractivity contribution in [3.8, 4) is 17.1 Å². The van der Waals surface area contributed by atoms with E-state index >= 15 is 0 Å². The average molecular weight is 456 g/mol. The summed E-state index contributed by atoms with van der Waals surface area (Å²) in [6.45, 7) is 5.42. The number of benzene rings is 2. The van der Waals surface area contributed by atoms with Crippen LogP contribution >= 0.6 is 0 Å². The summed E-state index contributed by atoms with van der Waals surface area (Å²) in [5, 5.41) is 4.07. The number of hydrogen-bond donors (Lipinski definition) is 0. The Morgan fingerprint density at radius 2 is 1.85 bits per heavy atom. The van der Waals surface area contributed by atoms with Crippen molar-refractivity contribution >= 4 is 5.91 Å². The minimum Gasteiger partial charge on any atom is -0.491 e. The van der Waals surface area contributed by atoms with Crippen LogP contribution in [0.2, 0.25) is 0 Å². The molecule has 2 heterocycles. The van der Waals surface area contributed by atoms with E-state index in [0.29, 0.717) is 57.3 Å². The average Bonchev–Trinajstić information content (AvgIpc) is 3.27. The summed E-state index contributed by atoms with van der Waals surface area (Å²) in [4.78, 5) is 20.9. The van der Waals surface area contributed by atoms with E-state index in [-0.39, 0.29) is 18.3 Å². The van der Waals surface area contributed by atoms with Crippen molar-refractivity contribution < 1.29 is 22.8 Å². The van der Waals surface area contributed by atoms with E-state index in [1.54, 1.807) is 0 Å². The molecule has 1 aliphatic rings. The van der Waals surface area contributed by atoms with Crippen molar-refractivity contribution in [2.24, 2.45) is 0 Å². The molecule has 2 aromatic carbocycles. The van der Waals surface area contributed by atoms with Crippen LogP contribution in [0.25, 0.3) is 11.4 Å². The number of carbonyl (C=O) groups excluding carboxylic acids is 1. The van der Waals surface area contributed by atoms with Crippen molar-refractivity contribution in [1.82, 2.24) is 19.9 Å². The summed E-state index contributed by atoms with van der Waals surface area (Å²) < 4.78 is 37.2. The molecule has 7 nitrogen and oxygen atoms in total. The van der Waals surface area contributed by atoms with Crippen LogP contribution in [-0.2, 0) is 11.3 Å². The second-order valence-electron chi connectivity index (χ2n) is 8.06. The number of halogens is 2. The van der Waals surface area contributed by atoms with E-state index in [9.17, 15) is 13.6 Å². The molecule has 0 atom stereocenters. The maximum absolute atomic E-state index is 13.6. The lowest BCUT2D eigenvalue weighted by molar-refractivity contribution is -0.133. The first kappa shape index (κ1) is 22.8. The SMILES string of the molecule is Cc1ccc(-c2noc(CN3CCN(C(=O)CCCOc4ccc(F)cc4F)CC3)n2)cc1. The lowest BCUT2D eigenvalue weighted by atomic mass is 10.1. The number of hydrogen-bond acceptors (Lipinski definition) is 6. The zero-order valence-electron chi connectivity index (χ0n) is 18.5.